The molecule has 0 atom stereocenters. The predicted octanol–water partition coefficient (Wildman–Crippen LogP) is 5.74. The van der Waals surface area contributed by atoms with Crippen LogP contribution in [0.3, 0.4) is 0 Å². The third-order valence-electron chi connectivity index (χ3n) is 5.82. The number of aromatic amines is 1. The van der Waals surface area contributed by atoms with Crippen molar-refractivity contribution in [1.82, 2.24) is 15.0 Å². The number of hydrogen-bond acceptors (Lipinski definition) is 8. The van der Waals surface area contributed by atoms with Crippen LogP contribution < -0.4 is 10.3 Å². The van der Waals surface area contributed by atoms with Crippen molar-refractivity contribution in [3.05, 3.63) is 93.2 Å². The molecule has 0 aliphatic carbocycles. The Balaban J connectivity index is 1.53. The number of thioether (sulfide) groups is 1. The fourth-order valence-corrected chi connectivity index (χ4v) is 5.12. The highest BCUT2D eigenvalue weighted by Gasteiger charge is 2.21. The van der Waals surface area contributed by atoms with Gasteiger partial charge in [0.25, 0.3) is 5.56 Å². The second-order valence-corrected chi connectivity index (χ2v) is 9.66. The molecule has 0 fully saturated rings. The summed E-state index contributed by atoms with van der Waals surface area (Å²) in [5.74, 6) is 2.13. The smallest absolute Gasteiger partial charge is 0.258 e. The molecular weight excluding hydrogens is 524 g/mol. The number of fused-ring (bicyclic) bond motifs is 1. The van der Waals surface area contributed by atoms with Gasteiger partial charge in [-0.15, -0.1) is 0 Å². The maximum Gasteiger partial charge on any atom is 0.258 e. The fourth-order valence-electron chi connectivity index (χ4n) is 3.99. The third kappa shape index (κ3) is 5.15. The Morgan fingerprint density at radius 3 is 2.55 bits per heavy atom. The maximum absolute atomic E-state index is 12.8. The first-order valence-corrected chi connectivity index (χ1v) is 13.0. The number of oxazole rings is 1. The van der Waals surface area contributed by atoms with Crippen LogP contribution in [0, 0.1) is 18.3 Å². The Bertz CT molecular complexity index is 1710. The van der Waals surface area contributed by atoms with Gasteiger partial charge in [0.15, 0.2) is 0 Å². The Kier molecular flexibility index (Phi) is 7.47. The Morgan fingerprint density at radius 2 is 1.84 bits per heavy atom. The summed E-state index contributed by atoms with van der Waals surface area (Å²) in [5.41, 5.74) is 3.14. The van der Waals surface area contributed by atoms with Crippen LogP contribution in [0.2, 0.25) is 5.02 Å². The molecule has 38 heavy (non-hydrogen) atoms. The number of pyridine rings is 2. The zero-order chi connectivity index (χ0) is 26.6. The number of benzene rings is 2. The van der Waals surface area contributed by atoms with E-state index >= 15 is 0 Å². The largest absolute Gasteiger partial charge is 0.491 e. The SMILES string of the molecule is Cc1oc(-c2ccc(Cl)cc2)nc1CSc1nc2cc[nH]c(=O)c2c(-c2ccc(OCCO)cc2)c1C#N. The lowest BCUT2D eigenvalue weighted by molar-refractivity contribution is 0.201. The summed E-state index contributed by atoms with van der Waals surface area (Å²) in [4.78, 5) is 24.8. The zero-order valence-electron chi connectivity index (χ0n) is 20.2. The Labute approximate surface area is 226 Å². The van der Waals surface area contributed by atoms with Gasteiger partial charge in [0.05, 0.1) is 28.8 Å². The van der Waals surface area contributed by atoms with Crippen molar-refractivity contribution in [2.24, 2.45) is 0 Å². The summed E-state index contributed by atoms with van der Waals surface area (Å²) in [7, 11) is 0. The highest BCUT2D eigenvalue weighted by atomic mass is 35.5. The van der Waals surface area contributed by atoms with Gasteiger partial charge in [0.2, 0.25) is 5.89 Å². The third-order valence-corrected chi connectivity index (χ3v) is 7.06. The maximum atomic E-state index is 12.8. The standard InChI is InChI=1S/C28H21ClN4O4S/c1-16-23(32-27(37-16)18-2-6-19(29)7-3-18)15-38-28-21(14-30)24(25-22(33-28)10-11-31-26(25)35)17-4-8-20(9-5-17)36-13-12-34/h2-11,34H,12-13,15H2,1H3,(H,31,35). The molecule has 0 bridgehead atoms. The van der Waals surface area contributed by atoms with Crippen molar-refractivity contribution in [1.29, 1.82) is 5.26 Å². The number of H-pyrrole nitrogens is 1. The average molecular weight is 545 g/mol. The van der Waals surface area contributed by atoms with Crippen LogP contribution in [-0.4, -0.2) is 33.3 Å². The topological polar surface area (TPSA) is 125 Å². The lowest BCUT2D eigenvalue weighted by Crippen LogP contribution is -2.09. The molecule has 2 N–H and O–H groups in total. The number of hydrogen-bond donors (Lipinski definition) is 2. The number of rotatable bonds is 8. The second kappa shape index (κ2) is 11.1. The predicted molar refractivity (Wildman–Crippen MR) is 146 cm³/mol. The van der Waals surface area contributed by atoms with E-state index in [0.717, 1.165) is 11.3 Å². The van der Waals surface area contributed by atoms with Gasteiger partial charge in [-0.1, -0.05) is 35.5 Å². The van der Waals surface area contributed by atoms with E-state index in [1.165, 1.54) is 18.0 Å². The number of aliphatic hydroxyl groups excluding tert-OH is 1. The number of halogens is 1. The van der Waals surface area contributed by atoms with Crippen molar-refractivity contribution in [3.63, 3.8) is 0 Å². The molecule has 3 aromatic heterocycles. The van der Waals surface area contributed by atoms with E-state index in [1.54, 1.807) is 42.5 Å². The van der Waals surface area contributed by atoms with Gasteiger partial charge in [-0.25, -0.2) is 9.97 Å². The van der Waals surface area contributed by atoms with Gasteiger partial charge >= 0.3 is 0 Å². The minimum Gasteiger partial charge on any atom is -0.491 e. The monoisotopic (exact) mass is 544 g/mol. The van der Waals surface area contributed by atoms with Gasteiger partial charge < -0.3 is 19.2 Å². The number of aromatic nitrogens is 3. The molecule has 5 aromatic rings. The first-order chi connectivity index (χ1) is 18.5. The minimum absolute atomic E-state index is 0.0997. The van der Waals surface area contributed by atoms with Crippen LogP contribution in [-0.2, 0) is 5.75 Å². The van der Waals surface area contributed by atoms with Gasteiger partial charge in [0.1, 0.15) is 29.2 Å². The molecule has 2 aromatic carbocycles. The molecule has 0 aliphatic rings. The van der Waals surface area contributed by atoms with Gasteiger partial charge in [-0.3, -0.25) is 4.79 Å². The molecule has 5 rings (SSSR count). The van der Waals surface area contributed by atoms with E-state index < -0.39 is 0 Å². The molecule has 0 saturated carbocycles. The van der Waals surface area contributed by atoms with E-state index in [4.69, 9.17) is 25.9 Å². The molecule has 10 heteroatoms. The summed E-state index contributed by atoms with van der Waals surface area (Å²) in [6.07, 6.45) is 1.54. The molecule has 0 unspecified atom stereocenters. The molecule has 190 valence electrons. The van der Waals surface area contributed by atoms with E-state index in [9.17, 15) is 10.1 Å². The molecule has 0 amide bonds. The van der Waals surface area contributed by atoms with E-state index in [0.29, 0.717) is 60.8 Å². The number of nitrogens with one attached hydrogen (secondary N) is 1. The van der Waals surface area contributed by atoms with Crippen LogP contribution in [0.4, 0.5) is 0 Å². The highest BCUT2D eigenvalue weighted by Crippen LogP contribution is 2.37. The summed E-state index contributed by atoms with van der Waals surface area (Å²) >= 11 is 7.35. The van der Waals surface area contributed by atoms with Crippen molar-refractivity contribution < 1.29 is 14.3 Å². The van der Waals surface area contributed by atoms with Crippen molar-refractivity contribution in [3.8, 4) is 34.4 Å². The average Bonchev–Trinajstić information content (AvgIpc) is 3.31. The number of aryl methyl sites for hydroxylation is 1. The molecule has 0 aliphatic heterocycles. The lowest BCUT2D eigenvalue weighted by atomic mass is 9.97. The fraction of sp³-hybridized carbons (Fsp3) is 0.143. The summed E-state index contributed by atoms with van der Waals surface area (Å²) in [6, 6.07) is 18.2. The number of nitrogens with zero attached hydrogens (tertiary/aromatic N) is 3. The quantitative estimate of drug-likeness (QED) is 0.237. The van der Waals surface area contributed by atoms with E-state index in [1.807, 2.05) is 19.1 Å². The molecular formula is C28H21ClN4O4S. The first kappa shape index (κ1) is 25.5. The normalized spacial score (nSPS) is 11.0. The van der Waals surface area contributed by atoms with Crippen molar-refractivity contribution in [2.45, 2.75) is 17.7 Å². The van der Waals surface area contributed by atoms with Gasteiger partial charge in [0, 0.05) is 28.1 Å². The number of nitriles is 1. The molecule has 0 spiro atoms. The summed E-state index contributed by atoms with van der Waals surface area (Å²) in [6.45, 7) is 1.91. The number of ether oxygens (including phenoxy) is 1. The second-order valence-electron chi connectivity index (χ2n) is 8.26. The number of aliphatic hydroxyl groups is 1. The zero-order valence-corrected chi connectivity index (χ0v) is 21.8. The Morgan fingerprint density at radius 1 is 1.11 bits per heavy atom. The first-order valence-electron chi connectivity index (χ1n) is 11.6. The van der Waals surface area contributed by atoms with Crippen molar-refractivity contribution >= 4 is 34.3 Å². The Hall–Kier alpha value is -4.10. The van der Waals surface area contributed by atoms with Crippen LogP contribution in [0.15, 0.2) is 75.0 Å². The van der Waals surface area contributed by atoms with Crippen LogP contribution >= 0.6 is 23.4 Å². The van der Waals surface area contributed by atoms with Crippen LogP contribution in [0.25, 0.3) is 33.5 Å². The lowest BCUT2D eigenvalue weighted by Gasteiger charge is -2.13. The molecule has 0 saturated heterocycles. The molecule has 0 radical (unpaired) electrons. The molecule has 8 nitrogen and oxygen atoms in total. The van der Waals surface area contributed by atoms with Crippen LogP contribution in [0.5, 0.6) is 5.75 Å². The van der Waals surface area contributed by atoms with Crippen LogP contribution in [0.1, 0.15) is 17.0 Å². The van der Waals surface area contributed by atoms with Gasteiger partial charge in [-0.05, 0) is 55.0 Å². The highest BCUT2D eigenvalue weighted by molar-refractivity contribution is 7.98. The minimum atomic E-state index is -0.335. The van der Waals surface area contributed by atoms with E-state index in [-0.39, 0.29) is 18.8 Å². The van der Waals surface area contributed by atoms with Crippen molar-refractivity contribution in [2.75, 3.05) is 13.2 Å². The molecule has 3 heterocycles. The van der Waals surface area contributed by atoms with Gasteiger partial charge in [-0.2, -0.15) is 5.26 Å². The summed E-state index contributed by atoms with van der Waals surface area (Å²) < 4.78 is 11.3. The van der Waals surface area contributed by atoms with E-state index in [2.05, 4.69) is 21.0 Å². The summed E-state index contributed by atoms with van der Waals surface area (Å²) in [5, 5.41) is 20.6.